The van der Waals surface area contributed by atoms with Gasteiger partial charge in [-0.3, -0.25) is 0 Å². The van der Waals surface area contributed by atoms with Gasteiger partial charge in [0.25, 0.3) is 0 Å². The molecule has 0 radical (unpaired) electrons. The summed E-state index contributed by atoms with van der Waals surface area (Å²) < 4.78 is 1.55. The van der Waals surface area contributed by atoms with Gasteiger partial charge in [0.05, 0.1) is 4.47 Å². The monoisotopic (exact) mass is 301 g/mol. The Hall–Kier alpha value is -0.420. The van der Waals surface area contributed by atoms with E-state index in [0.29, 0.717) is 4.64 Å². The van der Waals surface area contributed by atoms with Crippen LogP contribution in [0.3, 0.4) is 0 Å². The number of aromatic nitrogens is 2. The third kappa shape index (κ3) is 2.63. The van der Waals surface area contributed by atoms with Crippen LogP contribution in [0.4, 0.5) is 5.95 Å². The molecule has 1 fully saturated rings. The molecule has 0 atom stereocenters. The van der Waals surface area contributed by atoms with Gasteiger partial charge in [-0.25, -0.2) is 4.98 Å². The van der Waals surface area contributed by atoms with Crippen molar-refractivity contribution in [3.63, 3.8) is 0 Å². The first-order valence-corrected chi connectivity index (χ1v) is 6.90. The Balaban J connectivity index is 2.28. The van der Waals surface area contributed by atoms with Gasteiger partial charge in [0.15, 0.2) is 0 Å². The number of aromatic amines is 1. The van der Waals surface area contributed by atoms with Crippen molar-refractivity contribution in [2.24, 2.45) is 0 Å². The summed E-state index contributed by atoms with van der Waals surface area (Å²) in [6.07, 6.45) is 5.15. The highest BCUT2D eigenvalue weighted by Gasteiger charge is 2.12. The Morgan fingerprint density at radius 2 is 1.88 bits per heavy atom. The second-order valence-electron chi connectivity index (χ2n) is 4.21. The van der Waals surface area contributed by atoms with Crippen molar-refractivity contribution in [3.05, 3.63) is 14.8 Å². The predicted molar refractivity (Wildman–Crippen MR) is 72.5 cm³/mol. The third-order valence-electron chi connectivity index (χ3n) is 2.93. The molecule has 1 aromatic rings. The molecule has 88 valence electrons. The molecule has 3 nitrogen and oxygen atoms in total. The molecule has 0 unspecified atom stereocenters. The topological polar surface area (TPSA) is 31.9 Å². The summed E-state index contributed by atoms with van der Waals surface area (Å²) in [5.74, 6) is 0.924. The van der Waals surface area contributed by atoms with Crippen LogP contribution in [-0.2, 0) is 0 Å². The molecule has 0 aromatic carbocycles. The van der Waals surface area contributed by atoms with E-state index in [1.807, 2.05) is 6.92 Å². The predicted octanol–water partition coefficient (Wildman–Crippen LogP) is 3.59. The molecule has 1 saturated heterocycles. The van der Waals surface area contributed by atoms with Crippen LogP contribution in [0.2, 0.25) is 0 Å². The molecule has 5 heteroatoms. The van der Waals surface area contributed by atoms with Crippen molar-refractivity contribution >= 4 is 34.1 Å². The number of nitrogens with zero attached hydrogens (tertiary/aromatic N) is 2. The van der Waals surface area contributed by atoms with Crippen molar-refractivity contribution in [1.29, 1.82) is 0 Å². The van der Waals surface area contributed by atoms with E-state index in [4.69, 9.17) is 12.2 Å². The molecule has 1 N–H and O–H groups in total. The smallest absolute Gasteiger partial charge is 0.204 e. The molecule has 0 saturated carbocycles. The lowest BCUT2D eigenvalue weighted by molar-refractivity contribution is 0.726. The molecule has 0 aliphatic carbocycles. The maximum Gasteiger partial charge on any atom is 0.204 e. The van der Waals surface area contributed by atoms with Crippen molar-refractivity contribution < 1.29 is 0 Å². The Kier molecular flexibility index (Phi) is 3.97. The zero-order chi connectivity index (χ0) is 11.5. The largest absolute Gasteiger partial charge is 0.342 e. The fourth-order valence-electron chi connectivity index (χ4n) is 1.99. The van der Waals surface area contributed by atoms with Crippen LogP contribution >= 0.6 is 28.1 Å². The number of hydrogen-bond donors (Lipinski definition) is 1. The van der Waals surface area contributed by atoms with E-state index in [1.165, 1.54) is 25.7 Å². The second-order valence-corrected chi connectivity index (χ2v) is 5.39. The zero-order valence-corrected chi connectivity index (χ0v) is 11.8. The van der Waals surface area contributed by atoms with Crippen LogP contribution in [0.1, 0.15) is 31.4 Å². The average molecular weight is 302 g/mol. The second kappa shape index (κ2) is 5.27. The quantitative estimate of drug-likeness (QED) is 0.805. The van der Waals surface area contributed by atoms with E-state index in [2.05, 4.69) is 30.8 Å². The molecule has 1 aliphatic heterocycles. The van der Waals surface area contributed by atoms with Crippen LogP contribution in [-0.4, -0.2) is 23.1 Å². The summed E-state index contributed by atoms with van der Waals surface area (Å²) >= 11 is 8.66. The van der Waals surface area contributed by atoms with Crippen molar-refractivity contribution in [1.82, 2.24) is 9.97 Å². The van der Waals surface area contributed by atoms with E-state index >= 15 is 0 Å². The lowest BCUT2D eigenvalue weighted by atomic mass is 10.2. The van der Waals surface area contributed by atoms with E-state index in [-0.39, 0.29) is 0 Å². The van der Waals surface area contributed by atoms with Crippen molar-refractivity contribution in [3.8, 4) is 0 Å². The van der Waals surface area contributed by atoms with Crippen molar-refractivity contribution in [2.45, 2.75) is 32.6 Å². The van der Waals surface area contributed by atoms with Crippen molar-refractivity contribution in [2.75, 3.05) is 18.0 Å². The van der Waals surface area contributed by atoms with Gasteiger partial charge in [-0.15, -0.1) is 0 Å². The molecule has 1 aliphatic rings. The summed E-state index contributed by atoms with van der Waals surface area (Å²) in [5, 5.41) is 0. The number of halogens is 1. The van der Waals surface area contributed by atoms with Gasteiger partial charge in [0, 0.05) is 18.8 Å². The van der Waals surface area contributed by atoms with Gasteiger partial charge < -0.3 is 9.88 Å². The highest BCUT2D eigenvalue weighted by atomic mass is 79.9. The lowest BCUT2D eigenvalue weighted by Gasteiger charge is -2.21. The van der Waals surface area contributed by atoms with Crippen LogP contribution in [0.25, 0.3) is 0 Å². The first kappa shape index (κ1) is 12.0. The van der Waals surface area contributed by atoms with E-state index in [9.17, 15) is 0 Å². The maximum atomic E-state index is 5.23. The minimum Gasteiger partial charge on any atom is -0.342 e. The number of rotatable bonds is 1. The highest BCUT2D eigenvalue weighted by Crippen LogP contribution is 2.20. The fraction of sp³-hybridized carbons (Fsp3) is 0.636. The first-order valence-electron chi connectivity index (χ1n) is 5.70. The van der Waals surface area contributed by atoms with Gasteiger partial charge in [-0.1, -0.05) is 25.1 Å². The van der Waals surface area contributed by atoms with Gasteiger partial charge in [0.2, 0.25) is 5.95 Å². The minimum absolute atomic E-state index is 0.649. The van der Waals surface area contributed by atoms with Crippen LogP contribution < -0.4 is 4.90 Å². The normalized spacial score (nSPS) is 17.2. The molecule has 2 rings (SSSR count). The van der Waals surface area contributed by atoms with E-state index in [1.54, 1.807) is 0 Å². The Bertz CT molecular complexity index is 422. The number of aryl methyl sites for hydroxylation is 1. The van der Waals surface area contributed by atoms with Crippen LogP contribution in [0, 0.1) is 11.6 Å². The lowest BCUT2D eigenvalue weighted by Crippen LogP contribution is -2.26. The summed E-state index contributed by atoms with van der Waals surface area (Å²) in [6, 6.07) is 0. The minimum atomic E-state index is 0.649. The Morgan fingerprint density at radius 3 is 2.44 bits per heavy atom. The van der Waals surface area contributed by atoms with Gasteiger partial charge in [-0.2, -0.15) is 0 Å². The molecule has 0 bridgehead atoms. The van der Waals surface area contributed by atoms with Gasteiger partial charge >= 0.3 is 0 Å². The van der Waals surface area contributed by atoms with Gasteiger partial charge in [0.1, 0.15) is 4.64 Å². The Morgan fingerprint density at radius 1 is 1.25 bits per heavy atom. The molecule has 2 heterocycles. The maximum absolute atomic E-state index is 5.23. The van der Waals surface area contributed by atoms with E-state index in [0.717, 1.165) is 29.2 Å². The molecule has 0 amide bonds. The summed E-state index contributed by atoms with van der Waals surface area (Å²) in [4.78, 5) is 10.1. The molecular weight excluding hydrogens is 286 g/mol. The Labute approximate surface area is 109 Å². The summed E-state index contributed by atoms with van der Waals surface area (Å²) in [6.45, 7) is 4.18. The van der Waals surface area contributed by atoms with Crippen LogP contribution in [0.5, 0.6) is 0 Å². The molecular formula is C11H16BrN3S. The highest BCUT2D eigenvalue weighted by molar-refractivity contribution is 9.10. The van der Waals surface area contributed by atoms with Crippen LogP contribution in [0.15, 0.2) is 4.47 Å². The summed E-state index contributed by atoms with van der Waals surface area (Å²) in [5.41, 5.74) is 1.05. The summed E-state index contributed by atoms with van der Waals surface area (Å²) in [7, 11) is 0. The zero-order valence-electron chi connectivity index (χ0n) is 9.42. The third-order valence-corrected chi connectivity index (χ3v) is 4.46. The number of hydrogen-bond acceptors (Lipinski definition) is 3. The molecule has 0 spiro atoms. The standard InChI is InChI=1S/C11H16BrN3S/c1-8-9(12)10(16)14-11(13-8)15-6-4-2-3-5-7-15/h2-7H2,1H3,(H,13,14,16). The number of anilines is 1. The average Bonchev–Trinajstić information content (AvgIpc) is 2.53. The first-order chi connectivity index (χ1) is 7.68. The SMILES string of the molecule is Cc1[nH]c(N2CCCCCC2)nc(=S)c1Br. The number of H-pyrrole nitrogens is 1. The van der Waals surface area contributed by atoms with E-state index < -0.39 is 0 Å². The fourth-order valence-corrected chi connectivity index (χ4v) is 2.42. The molecule has 1 aromatic heterocycles. The van der Waals surface area contributed by atoms with Gasteiger partial charge in [-0.05, 0) is 35.7 Å². The molecule has 16 heavy (non-hydrogen) atoms. The number of nitrogens with one attached hydrogen (secondary N) is 1.